The summed E-state index contributed by atoms with van der Waals surface area (Å²) in [6.07, 6.45) is 0.425. The van der Waals surface area contributed by atoms with Crippen LogP contribution in [-0.2, 0) is 20.7 Å². The van der Waals surface area contributed by atoms with Gasteiger partial charge in [-0.15, -0.1) is 10.2 Å². The average molecular weight is 331 g/mol. The van der Waals surface area contributed by atoms with Gasteiger partial charge in [0.2, 0.25) is 17.7 Å². The largest absolute Gasteiger partial charge is 0.423 e. The van der Waals surface area contributed by atoms with Crippen LogP contribution < -0.4 is 0 Å². The van der Waals surface area contributed by atoms with Crippen molar-refractivity contribution in [1.82, 2.24) is 15.1 Å². The lowest BCUT2D eigenvalue weighted by molar-refractivity contribution is -0.144. The van der Waals surface area contributed by atoms with Crippen LogP contribution in [0.1, 0.15) is 23.4 Å². The summed E-state index contributed by atoms with van der Waals surface area (Å²) in [5, 5.41) is 7.76. The predicted octanol–water partition coefficient (Wildman–Crippen LogP) is 1.54. The lowest BCUT2D eigenvalue weighted by Gasteiger charge is -2.31. The number of aryl methyl sites for hydroxylation is 1. The molecule has 3 rings (SSSR count). The Kier molecular flexibility index (Phi) is 5.55. The average Bonchev–Trinajstić information content (AvgIpc) is 3.06. The number of aromatic nitrogens is 2. The molecule has 0 N–H and O–H groups in total. The molecule has 1 saturated heterocycles. The Morgan fingerprint density at radius 3 is 2.92 bits per heavy atom. The maximum atomic E-state index is 12.3. The van der Waals surface area contributed by atoms with Gasteiger partial charge < -0.3 is 18.8 Å². The van der Waals surface area contributed by atoms with Crippen molar-refractivity contribution in [2.75, 3.05) is 32.9 Å². The van der Waals surface area contributed by atoms with Gasteiger partial charge >= 0.3 is 0 Å². The Balaban J connectivity index is 1.43. The molecule has 1 aliphatic rings. The quantitative estimate of drug-likeness (QED) is 0.747. The number of amides is 1. The first kappa shape index (κ1) is 16.6. The first-order valence-electron chi connectivity index (χ1n) is 8.03. The lowest BCUT2D eigenvalue weighted by Crippen LogP contribution is -2.44. The monoisotopic (exact) mass is 331 g/mol. The van der Waals surface area contributed by atoms with Gasteiger partial charge in [-0.05, 0) is 12.0 Å². The van der Waals surface area contributed by atoms with Gasteiger partial charge in [-0.2, -0.15) is 0 Å². The fourth-order valence-electron chi connectivity index (χ4n) is 2.55. The van der Waals surface area contributed by atoms with Crippen LogP contribution in [-0.4, -0.2) is 53.9 Å². The summed E-state index contributed by atoms with van der Waals surface area (Å²) in [6.45, 7) is 3.71. The Bertz CT molecular complexity index is 659. The van der Waals surface area contributed by atoms with E-state index in [4.69, 9.17) is 13.9 Å². The van der Waals surface area contributed by atoms with E-state index in [2.05, 4.69) is 10.2 Å². The summed E-state index contributed by atoms with van der Waals surface area (Å²) in [4.78, 5) is 14.0. The summed E-state index contributed by atoms with van der Waals surface area (Å²) in [5.74, 6) is 0.851. The van der Waals surface area contributed by atoms with Crippen LogP contribution in [0.3, 0.4) is 0 Å². The molecule has 0 radical (unpaired) electrons. The third-order valence-electron chi connectivity index (χ3n) is 3.84. The minimum atomic E-state index is -0.367. The molecule has 128 valence electrons. The fourth-order valence-corrected chi connectivity index (χ4v) is 2.55. The summed E-state index contributed by atoms with van der Waals surface area (Å²) < 4.78 is 16.5. The van der Waals surface area contributed by atoms with Crippen LogP contribution in [0, 0.1) is 6.92 Å². The van der Waals surface area contributed by atoms with Gasteiger partial charge in [-0.3, -0.25) is 4.79 Å². The number of carbonyl (C=O) groups is 1. The van der Waals surface area contributed by atoms with Crippen molar-refractivity contribution in [3.63, 3.8) is 0 Å². The minimum Gasteiger partial charge on any atom is -0.423 e. The highest BCUT2D eigenvalue weighted by molar-refractivity contribution is 5.77. The van der Waals surface area contributed by atoms with Gasteiger partial charge in [0, 0.05) is 13.5 Å². The summed E-state index contributed by atoms with van der Waals surface area (Å²) >= 11 is 0. The predicted molar refractivity (Wildman–Crippen MR) is 85.3 cm³/mol. The zero-order valence-corrected chi connectivity index (χ0v) is 13.7. The van der Waals surface area contributed by atoms with Crippen LogP contribution in [0.2, 0.25) is 0 Å². The molecule has 2 heterocycles. The van der Waals surface area contributed by atoms with E-state index in [0.29, 0.717) is 38.1 Å². The molecule has 0 bridgehead atoms. The smallest absolute Gasteiger partial charge is 0.248 e. The third kappa shape index (κ3) is 4.39. The first-order valence-corrected chi connectivity index (χ1v) is 8.03. The SMILES string of the molecule is Cc1nnc([C@H]2CN(C(=O)COCCc3ccccc3)CCO2)o1. The standard InChI is InChI=1S/C17H21N3O4/c1-13-18-19-17(24-13)15-11-20(8-10-23-15)16(21)12-22-9-7-14-5-3-2-4-6-14/h2-6,15H,7-12H2,1H3/t15-/m1/s1. The van der Waals surface area contributed by atoms with Gasteiger partial charge in [0.25, 0.3) is 0 Å². The number of nitrogens with zero attached hydrogens (tertiary/aromatic N) is 3. The fraction of sp³-hybridized carbons (Fsp3) is 0.471. The van der Waals surface area contributed by atoms with Crippen molar-refractivity contribution in [3.8, 4) is 0 Å². The molecular weight excluding hydrogens is 310 g/mol. The molecule has 2 aromatic rings. The van der Waals surface area contributed by atoms with Crippen molar-refractivity contribution in [3.05, 3.63) is 47.7 Å². The van der Waals surface area contributed by atoms with E-state index >= 15 is 0 Å². The van der Waals surface area contributed by atoms with Crippen LogP contribution >= 0.6 is 0 Å². The molecule has 0 saturated carbocycles. The number of hydrogen-bond acceptors (Lipinski definition) is 6. The second-order valence-electron chi connectivity index (χ2n) is 5.65. The molecule has 1 amide bonds. The van der Waals surface area contributed by atoms with Gasteiger partial charge in [0.1, 0.15) is 6.61 Å². The highest BCUT2D eigenvalue weighted by Gasteiger charge is 2.28. The highest BCUT2D eigenvalue weighted by Crippen LogP contribution is 2.21. The minimum absolute atomic E-state index is 0.0485. The summed E-state index contributed by atoms with van der Waals surface area (Å²) in [5.41, 5.74) is 1.20. The number of morpholine rings is 1. The van der Waals surface area contributed by atoms with E-state index in [9.17, 15) is 4.79 Å². The second-order valence-corrected chi connectivity index (χ2v) is 5.65. The number of hydrogen-bond donors (Lipinski definition) is 0. The molecule has 1 aliphatic heterocycles. The van der Waals surface area contributed by atoms with Crippen LogP contribution in [0.15, 0.2) is 34.7 Å². The van der Waals surface area contributed by atoms with E-state index in [1.54, 1.807) is 11.8 Å². The zero-order chi connectivity index (χ0) is 16.8. The number of benzene rings is 1. The molecule has 1 fully saturated rings. The van der Waals surface area contributed by atoms with Crippen LogP contribution in [0.25, 0.3) is 0 Å². The lowest BCUT2D eigenvalue weighted by atomic mass is 10.2. The summed E-state index contributed by atoms with van der Waals surface area (Å²) in [6, 6.07) is 10.1. The Morgan fingerprint density at radius 1 is 1.33 bits per heavy atom. The molecule has 0 aliphatic carbocycles. The van der Waals surface area contributed by atoms with Crippen molar-refractivity contribution in [2.24, 2.45) is 0 Å². The van der Waals surface area contributed by atoms with Crippen molar-refractivity contribution < 1.29 is 18.7 Å². The molecule has 7 nitrogen and oxygen atoms in total. The normalized spacial score (nSPS) is 17.9. The molecule has 1 atom stereocenters. The Morgan fingerprint density at radius 2 is 2.17 bits per heavy atom. The second kappa shape index (κ2) is 8.03. The topological polar surface area (TPSA) is 77.7 Å². The van der Waals surface area contributed by atoms with E-state index < -0.39 is 0 Å². The van der Waals surface area contributed by atoms with Gasteiger partial charge in [0.15, 0.2) is 6.10 Å². The molecule has 0 unspecified atom stereocenters. The van der Waals surface area contributed by atoms with E-state index in [1.807, 2.05) is 30.3 Å². The number of rotatable bonds is 6. The molecule has 0 spiro atoms. The first-order chi connectivity index (χ1) is 11.7. The van der Waals surface area contributed by atoms with Crippen molar-refractivity contribution >= 4 is 5.91 Å². The third-order valence-corrected chi connectivity index (χ3v) is 3.84. The highest BCUT2D eigenvalue weighted by atomic mass is 16.5. The van der Waals surface area contributed by atoms with Gasteiger partial charge in [-0.25, -0.2) is 0 Å². The summed E-state index contributed by atoms with van der Waals surface area (Å²) in [7, 11) is 0. The molecular formula is C17H21N3O4. The zero-order valence-electron chi connectivity index (χ0n) is 13.7. The van der Waals surface area contributed by atoms with Crippen molar-refractivity contribution in [2.45, 2.75) is 19.4 Å². The number of ether oxygens (including phenoxy) is 2. The maximum Gasteiger partial charge on any atom is 0.248 e. The molecule has 1 aromatic heterocycles. The van der Waals surface area contributed by atoms with E-state index in [-0.39, 0.29) is 18.6 Å². The Hall–Kier alpha value is -2.25. The maximum absolute atomic E-state index is 12.3. The van der Waals surface area contributed by atoms with Crippen LogP contribution in [0.4, 0.5) is 0 Å². The van der Waals surface area contributed by atoms with E-state index in [1.165, 1.54) is 5.56 Å². The Labute approximate surface area is 140 Å². The molecule has 1 aromatic carbocycles. The van der Waals surface area contributed by atoms with Crippen molar-refractivity contribution in [1.29, 1.82) is 0 Å². The molecule has 7 heteroatoms. The number of carbonyl (C=O) groups excluding carboxylic acids is 1. The van der Waals surface area contributed by atoms with Gasteiger partial charge in [-0.1, -0.05) is 30.3 Å². The van der Waals surface area contributed by atoms with Gasteiger partial charge in [0.05, 0.1) is 19.8 Å². The van der Waals surface area contributed by atoms with Crippen LogP contribution in [0.5, 0.6) is 0 Å². The molecule has 24 heavy (non-hydrogen) atoms. The van der Waals surface area contributed by atoms with E-state index in [0.717, 1.165) is 6.42 Å².